The number of anilines is 1. The smallest absolute Gasteiger partial charge is 0.341 e. The van der Waals surface area contributed by atoms with Gasteiger partial charge in [-0.15, -0.1) is 11.3 Å². The van der Waals surface area contributed by atoms with Crippen LogP contribution in [0.1, 0.15) is 28.4 Å². The number of amides is 1. The van der Waals surface area contributed by atoms with E-state index < -0.39 is 11.9 Å². The molecule has 6 heteroatoms. The average Bonchev–Trinajstić information content (AvgIpc) is 3.16. The summed E-state index contributed by atoms with van der Waals surface area (Å²) in [4.78, 5) is 24.7. The van der Waals surface area contributed by atoms with Gasteiger partial charge in [-0.25, -0.2) is 9.18 Å². The maximum absolute atomic E-state index is 13.0. The van der Waals surface area contributed by atoms with Gasteiger partial charge in [-0.3, -0.25) is 4.79 Å². The van der Waals surface area contributed by atoms with Gasteiger partial charge in [0.25, 0.3) is 0 Å². The van der Waals surface area contributed by atoms with Gasteiger partial charge in [-0.05, 0) is 41.3 Å². The predicted molar refractivity (Wildman–Crippen MR) is 115 cm³/mol. The topological polar surface area (TPSA) is 55.4 Å². The molecule has 1 heterocycles. The van der Waals surface area contributed by atoms with Crippen LogP contribution in [0.5, 0.6) is 0 Å². The molecule has 0 bridgehead atoms. The molecule has 29 heavy (non-hydrogen) atoms. The van der Waals surface area contributed by atoms with Crippen molar-refractivity contribution in [3.8, 4) is 11.1 Å². The third kappa shape index (κ3) is 4.97. The molecule has 0 saturated carbocycles. The number of methoxy groups -OCH3 is 1. The van der Waals surface area contributed by atoms with Crippen LogP contribution < -0.4 is 5.32 Å². The predicted octanol–water partition coefficient (Wildman–Crippen LogP) is 5.56. The first-order chi connectivity index (χ1) is 14.0. The van der Waals surface area contributed by atoms with Crippen molar-refractivity contribution in [2.24, 2.45) is 0 Å². The number of thiophene rings is 1. The molecule has 3 aromatic rings. The lowest BCUT2D eigenvalue weighted by molar-refractivity contribution is -0.111. The maximum atomic E-state index is 13.0. The number of benzene rings is 2. The Morgan fingerprint density at radius 3 is 2.41 bits per heavy atom. The summed E-state index contributed by atoms with van der Waals surface area (Å²) in [5, 5.41) is 4.98. The van der Waals surface area contributed by atoms with Crippen molar-refractivity contribution in [1.29, 1.82) is 0 Å². The minimum absolute atomic E-state index is 0.324. The zero-order valence-electron chi connectivity index (χ0n) is 16.1. The summed E-state index contributed by atoms with van der Waals surface area (Å²) in [6.07, 6.45) is 3.84. The van der Waals surface area contributed by atoms with Gasteiger partial charge < -0.3 is 10.1 Å². The number of carbonyl (C=O) groups excluding carboxylic acids is 2. The summed E-state index contributed by atoms with van der Waals surface area (Å²) >= 11 is 1.26. The number of carbonyl (C=O) groups is 2. The van der Waals surface area contributed by atoms with Crippen molar-refractivity contribution in [3.05, 3.63) is 82.5 Å². The molecule has 0 aliphatic heterocycles. The largest absolute Gasteiger partial charge is 0.465 e. The molecule has 148 valence electrons. The zero-order valence-corrected chi connectivity index (χ0v) is 16.9. The Hall–Kier alpha value is -3.25. The standard InChI is InChI=1S/C23H20FNO3S/c1-3-15-4-9-17(10-5-15)19-14-29-22(21(19)23(27)28-2)25-20(26)13-8-16-6-11-18(24)12-7-16/h4-14H,3H2,1-2H3,(H,25,26)/b13-8+. The van der Waals surface area contributed by atoms with Gasteiger partial charge in [0.05, 0.1) is 7.11 Å². The number of hydrogen-bond acceptors (Lipinski definition) is 4. The number of nitrogens with one attached hydrogen (secondary N) is 1. The van der Waals surface area contributed by atoms with Gasteiger partial charge in [0.15, 0.2) is 0 Å². The summed E-state index contributed by atoms with van der Waals surface area (Å²) in [7, 11) is 1.31. The molecular formula is C23H20FNO3S. The summed E-state index contributed by atoms with van der Waals surface area (Å²) < 4.78 is 17.9. The van der Waals surface area contributed by atoms with Crippen molar-refractivity contribution < 1.29 is 18.7 Å². The number of halogens is 1. The second-order valence-electron chi connectivity index (χ2n) is 6.27. The van der Waals surface area contributed by atoms with E-state index in [1.54, 1.807) is 18.2 Å². The van der Waals surface area contributed by atoms with Crippen molar-refractivity contribution in [2.75, 3.05) is 12.4 Å². The number of aryl methyl sites for hydroxylation is 1. The summed E-state index contributed by atoms with van der Waals surface area (Å²) in [6.45, 7) is 2.08. The number of rotatable bonds is 6. The van der Waals surface area contributed by atoms with Crippen LogP contribution in [0.15, 0.2) is 60.0 Å². The van der Waals surface area contributed by atoms with E-state index in [1.165, 1.54) is 42.2 Å². The molecule has 2 aromatic carbocycles. The highest BCUT2D eigenvalue weighted by Gasteiger charge is 2.21. The SMILES string of the molecule is CCc1ccc(-c2csc(NC(=O)/C=C/c3ccc(F)cc3)c2C(=O)OC)cc1. The van der Waals surface area contributed by atoms with Crippen LogP contribution in [0.4, 0.5) is 9.39 Å². The fourth-order valence-electron chi connectivity index (χ4n) is 2.79. The summed E-state index contributed by atoms with van der Waals surface area (Å²) in [6, 6.07) is 13.7. The van der Waals surface area contributed by atoms with Gasteiger partial charge in [0.1, 0.15) is 16.4 Å². The molecule has 0 spiro atoms. The lowest BCUT2D eigenvalue weighted by atomic mass is 10.0. The van der Waals surface area contributed by atoms with Crippen LogP contribution >= 0.6 is 11.3 Å². The Labute approximate surface area is 172 Å². The Balaban J connectivity index is 1.84. The fraction of sp³-hybridized carbons (Fsp3) is 0.130. The van der Waals surface area contributed by atoms with E-state index >= 15 is 0 Å². The highest BCUT2D eigenvalue weighted by atomic mass is 32.1. The first kappa shape index (κ1) is 20.5. The Morgan fingerprint density at radius 1 is 1.10 bits per heavy atom. The van der Waals surface area contributed by atoms with Crippen molar-refractivity contribution in [3.63, 3.8) is 0 Å². The quantitative estimate of drug-likeness (QED) is 0.429. The van der Waals surface area contributed by atoms with E-state index in [-0.39, 0.29) is 5.82 Å². The van der Waals surface area contributed by atoms with Gasteiger partial charge >= 0.3 is 5.97 Å². The van der Waals surface area contributed by atoms with E-state index in [4.69, 9.17) is 4.74 Å². The minimum Gasteiger partial charge on any atom is -0.465 e. The molecule has 0 unspecified atom stereocenters. The molecule has 3 rings (SSSR count). The summed E-state index contributed by atoms with van der Waals surface area (Å²) in [5.41, 5.74) is 3.80. The molecular weight excluding hydrogens is 389 g/mol. The van der Waals surface area contributed by atoms with E-state index in [1.807, 2.05) is 29.6 Å². The van der Waals surface area contributed by atoms with Crippen LogP contribution in [-0.4, -0.2) is 19.0 Å². The van der Waals surface area contributed by atoms with E-state index in [2.05, 4.69) is 12.2 Å². The van der Waals surface area contributed by atoms with Gasteiger partial charge in [-0.2, -0.15) is 0 Å². The Kier molecular flexibility index (Phi) is 6.57. The molecule has 0 fully saturated rings. The fourth-order valence-corrected chi connectivity index (χ4v) is 3.75. The Bertz CT molecular complexity index is 1040. The van der Waals surface area contributed by atoms with Gasteiger partial charge in [0.2, 0.25) is 5.91 Å². The zero-order chi connectivity index (χ0) is 20.8. The summed E-state index contributed by atoms with van der Waals surface area (Å²) in [5.74, 6) is -1.25. The van der Waals surface area contributed by atoms with Gasteiger partial charge in [-0.1, -0.05) is 43.3 Å². The lowest BCUT2D eigenvalue weighted by Gasteiger charge is -2.07. The van der Waals surface area contributed by atoms with Crippen molar-refractivity contribution in [2.45, 2.75) is 13.3 Å². The molecule has 0 saturated heterocycles. The second-order valence-corrected chi connectivity index (χ2v) is 7.15. The molecule has 0 aliphatic carbocycles. The Morgan fingerprint density at radius 2 is 1.79 bits per heavy atom. The van der Waals surface area contributed by atoms with E-state index in [0.29, 0.717) is 21.7 Å². The first-order valence-electron chi connectivity index (χ1n) is 9.05. The van der Waals surface area contributed by atoms with Crippen LogP contribution in [0.25, 0.3) is 17.2 Å². The van der Waals surface area contributed by atoms with Crippen LogP contribution in [0.3, 0.4) is 0 Å². The van der Waals surface area contributed by atoms with Crippen LogP contribution in [0.2, 0.25) is 0 Å². The minimum atomic E-state index is -0.515. The second kappa shape index (κ2) is 9.30. The van der Waals surface area contributed by atoms with Crippen molar-refractivity contribution in [1.82, 2.24) is 0 Å². The highest BCUT2D eigenvalue weighted by Crippen LogP contribution is 2.36. The molecule has 0 radical (unpaired) electrons. The lowest BCUT2D eigenvalue weighted by Crippen LogP contribution is -2.11. The number of hydrogen-bond donors (Lipinski definition) is 1. The first-order valence-corrected chi connectivity index (χ1v) is 9.93. The third-order valence-electron chi connectivity index (χ3n) is 4.39. The third-order valence-corrected chi connectivity index (χ3v) is 5.28. The van der Waals surface area contributed by atoms with E-state index in [0.717, 1.165) is 12.0 Å². The molecule has 0 aliphatic rings. The van der Waals surface area contributed by atoms with Crippen molar-refractivity contribution >= 4 is 34.3 Å². The molecule has 1 N–H and O–H groups in total. The van der Waals surface area contributed by atoms with E-state index in [9.17, 15) is 14.0 Å². The maximum Gasteiger partial charge on any atom is 0.341 e. The number of esters is 1. The highest BCUT2D eigenvalue weighted by molar-refractivity contribution is 7.15. The average molecular weight is 409 g/mol. The normalized spacial score (nSPS) is 10.9. The molecule has 0 atom stereocenters. The molecule has 4 nitrogen and oxygen atoms in total. The van der Waals surface area contributed by atoms with Crippen LogP contribution in [-0.2, 0) is 16.0 Å². The number of ether oxygens (including phenoxy) is 1. The molecule has 1 aromatic heterocycles. The molecule has 1 amide bonds. The monoisotopic (exact) mass is 409 g/mol. The van der Waals surface area contributed by atoms with Gasteiger partial charge in [0, 0.05) is 17.0 Å². The van der Waals surface area contributed by atoms with Crippen LogP contribution in [0, 0.1) is 5.82 Å².